The van der Waals surface area contributed by atoms with E-state index in [2.05, 4.69) is 177 Å². The Kier molecular flexibility index (Phi) is 11.5. The second-order valence-corrected chi connectivity index (χ2v) is 13.3. The number of rotatable bonds is 11. The normalized spacial score (nSPS) is 13.1. The van der Waals surface area contributed by atoms with E-state index in [1.54, 1.807) is 0 Å². The first-order valence-electron chi connectivity index (χ1n) is 18.8. The van der Waals surface area contributed by atoms with Gasteiger partial charge < -0.3 is 0 Å². The van der Waals surface area contributed by atoms with E-state index in [1.165, 1.54) is 37.9 Å². The van der Waals surface area contributed by atoms with Gasteiger partial charge in [0.2, 0.25) is 0 Å². The average molecular weight is 709 g/mol. The number of benzene rings is 7. The Morgan fingerprint density at radius 1 is 0.473 bits per heavy atom. The molecule has 0 aliphatic heterocycles. The minimum absolute atomic E-state index is 0.743. The highest BCUT2D eigenvalue weighted by Crippen LogP contribution is 2.38. The Morgan fingerprint density at radius 2 is 1.05 bits per heavy atom. The van der Waals surface area contributed by atoms with Crippen molar-refractivity contribution in [3.8, 4) is 22.3 Å². The molecule has 2 heteroatoms. The van der Waals surface area contributed by atoms with Crippen LogP contribution in [0.4, 0.5) is 0 Å². The Balaban J connectivity index is 1.41. The second-order valence-electron chi connectivity index (χ2n) is 13.3. The van der Waals surface area contributed by atoms with Crippen molar-refractivity contribution in [1.29, 1.82) is 0 Å². The van der Waals surface area contributed by atoms with Gasteiger partial charge in [-0.05, 0) is 130 Å². The monoisotopic (exact) mass is 708 g/mol. The van der Waals surface area contributed by atoms with Gasteiger partial charge in [0.15, 0.2) is 0 Å². The first-order valence-corrected chi connectivity index (χ1v) is 18.8. The van der Waals surface area contributed by atoms with Crippen LogP contribution in [0.3, 0.4) is 0 Å². The van der Waals surface area contributed by atoms with Crippen molar-refractivity contribution in [2.24, 2.45) is 9.98 Å². The van der Waals surface area contributed by atoms with Gasteiger partial charge in [-0.3, -0.25) is 9.98 Å². The topological polar surface area (TPSA) is 24.7 Å². The Hall–Kier alpha value is -6.90. The summed E-state index contributed by atoms with van der Waals surface area (Å²) in [6, 6.07) is 49.9. The molecule has 0 aromatic heterocycles. The maximum atomic E-state index is 5.06. The molecule has 0 spiro atoms. The van der Waals surface area contributed by atoms with E-state index in [1.807, 2.05) is 55.6 Å². The van der Waals surface area contributed by atoms with E-state index in [9.17, 15) is 0 Å². The van der Waals surface area contributed by atoms with Gasteiger partial charge in [0.25, 0.3) is 0 Å². The van der Waals surface area contributed by atoms with E-state index in [0.717, 1.165) is 50.4 Å². The molecule has 0 aliphatic carbocycles. The summed E-state index contributed by atoms with van der Waals surface area (Å²) in [5.74, 6) is 0. The van der Waals surface area contributed by atoms with E-state index < -0.39 is 0 Å². The van der Waals surface area contributed by atoms with E-state index in [0.29, 0.717) is 0 Å². The van der Waals surface area contributed by atoms with Gasteiger partial charge in [-0.1, -0.05) is 158 Å². The highest BCUT2D eigenvalue weighted by Gasteiger charge is 2.14. The van der Waals surface area contributed by atoms with Crippen molar-refractivity contribution in [3.63, 3.8) is 0 Å². The van der Waals surface area contributed by atoms with Crippen molar-refractivity contribution in [1.82, 2.24) is 0 Å². The zero-order valence-corrected chi connectivity index (χ0v) is 31.7. The van der Waals surface area contributed by atoms with E-state index in [-0.39, 0.29) is 0 Å². The third kappa shape index (κ3) is 8.05. The van der Waals surface area contributed by atoms with Crippen LogP contribution in [-0.2, 0) is 0 Å². The number of fused-ring (bicyclic) bond motifs is 6. The molecule has 2 nitrogen and oxygen atoms in total. The lowest BCUT2D eigenvalue weighted by Gasteiger charge is -2.15. The lowest BCUT2D eigenvalue weighted by Crippen LogP contribution is -2.01. The lowest BCUT2D eigenvalue weighted by atomic mass is 9.90. The van der Waals surface area contributed by atoms with Crippen molar-refractivity contribution in [3.05, 3.63) is 217 Å². The standard InChI is InChI=1S/C53H44N2/c1-5-8-9-10-18-32-55-53(37-52(54-4)41-28-26-40(27-29-41)39-20-12-11-13-21-39)45-34-43(38(7-3)19-6-2)33-44(35-45)42-30-31-50-48-24-15-14-22-46(48)47-23-16-17-25-49(47)51(50)36-42/h5-37H,4H2,1-3H3/b8-5+,10-9-,19-6-,32-18-,38-7+,52-37-,55-53-. The summed E-state index contributed by atoms with van der Waals surface area (Å²) < 4.78 is 0. The zero-order valence-electron chi connectivity index (χ0n) is 31.7. The van der Waals surface area contributed by atoms with Gasteiger partial charge in [0, 0.05) is 17.3 Å². The molecule has 7 aromatic rings. The molecule has 0 atom stereocenters. The van der Waals surface area contributed by atoms with Crippen molar-refractivity contribution in [2.75, 3.05) is 0 Å². The molecule has 7 rings (SSSR count). The molecule has 0 fully saturated rings. The molecule has 0 bridgehead atoms. The van der Waals surface area contributed by atoms with E-state index >= 15 is 0 Å². The number of hydrogen-bond donors (Lipinski definition) is 0. The highest BCUT2D eigenvalue weighted by atomic mass is 14.7. The Morgan fingerprint density at radius 3 is 1.69 bits per heavy atom. The molecular weight excluding hydrogens is 665 g/mol. The molecule has 0 aliphatic rings. The quantitative estimate of drug-likeness (QED) is 0.0726. The molecule has 0 unspecified atom stereocenters. The highest BCUT2D eigenvalue weighted by molar-refractivity contribution is 6.25. The maximum absolute atomic E-state index is 5.06. The van der Waals surface area contributed by atoms with Crippen LogP contribution in [0.25, 0.3) is 65.8 Å². The molecule has 55 heavy (non-hydrogen) atoms. The first-order chi connectivity index (χ1) is 27.1. The van der Waals surface area contributed by atoms with Crippen LogP contribution in [0.15, 0.2) is 210 Å². The van der Waals surface area contributed by atoms with Crippen LogP contribution < -0.4 is 0 Å². The van der Waals surface area contributed by atoms with Crippen molar-refractivity contribution in [2.45, 2.75) is 20.8 Å². The molecule has 266 valence electrons. The van der Waals surface area contributed by atoms with Crippen molar-refractivity contribution >= 4 is 56.0 Å². The van der Waals surface area contributed by atoms with E-state index in [4.69, 9.17) is 4.99 Å². The molecule has 0 radical (unpaired) electrons. The van der Waals surface area contributed by atoms with Gasteiger partial charge in [0.05, 0.1) is 11.4 Å². The van der Waals surface area contributed by atoms with Gasteiger partial charge in [-0.2, -0.15) is 0 Å². The summed E-state index contributed by atoms with van der Waals surface area (Å²) in [6.07, 6.45) is 20.2. The fourth-order valence-electron chi connectivity index (χ4n) is 7.16. The number of nitrogens with zero attached hydrogens (tertiary/aromatic N) is 2. The molecule has 0 heterocycles. The number of aliphatic imine (C=N–C) groups is 2. The molecule has 0 saturated heterocycles. The first kappa shape index (κ1) is 36.5. The summed E-state index contributed by atoms with van der Waals surface area (Å²) in [6.45, 7) is 10.1. The minimum Gasteiger partial charge on any atom is -0.264 e. The molecule has 0 saturated carbocycles. The van der Waals surface area contributed by atoms with Gasteiger partial charge in [-0.15, -0.1) is 0 Å². The molecule has 0 N–H and O–H groups in total. The van der Waals surface area contributed by atoms with Gasteiger partial charge in [-0.25, -0.2) is 0 Å². The van der Waals surface area contributed by atoms with Gasteiger partial charge >= 0.3 is 0 Å². The smallest absolute Gasteiger partial charge is 0.0724 e. The molecule has 7 aromatic carbocycles. The fourth-order valence-corrected chi connectivity index (χ4v) is 7.16. The Bertz CT molecular complexity index is 2680. The van der Waals surface area contributed by atoms with Crippen LogP contribution in [0, 0.1) is 0 Å². The maximum Gasteiger partial charge on any atom is 0.0724 e. The zero-order chi connectivity index (χ0) is 38.0. The predicted molar refractivity (Wildman–Crippen MR) is 242 cm³/mol. The largest absolute Gasteiger partial charge is 0.264 e. The Labute approximate surface area is 325 Å². The van der Waals surface area contributed by atoms with Crippen molar-refractivity contribution < 1.29 is 0 Å². The van der Waals surface area contributed by atoms with Crippen LogP contribution >= 0.6 is 0 Å². The SMILES string of the molecule is C=N\C(=C/C(=N/C=C\C=C/C=C/C)c1cc(C(/C=C\C)=C/C)cc(-c2ccc3c4ccccc4c4ccccc4c3c2)c1)c1ccc(-c2ccccc2)cc1. The molecule has 0 amide bonds. The third-order valence-electron chi connectivity index (χ3n) is 9.85. The fraction of sp³-hybridized carbons (Fsp3) is 0.0566. The van der Waals surface area contributed by atoms with Crippen LogP contribution in [0.5, 0.6) is 0 Å². The predicted octanol–water partition coefficient (Wildman–Crippen LogP) is 14.6. The second kappa shape index (κ2) is 17.3. The van der Waals surface area contributed by atoms with Gasteiger partial charge in [0.1, 0.15) is 0 Å². The van der Waals surface area contributed by atoms with Crippen LogP contribution in [-0.4, -0.2) is 12.4 Å². The average Bonchev–Trinajstić information content (AvgIpc) is 3.25. The third-order valence-corrected chi connectivity index (χ3v) is 9.85. The summed E-state index contributed by atoms with van der Waals surface area (Å²) in [5, 5.41) is 7.53. The summed E-state index contributed by atoms with van der Waals surface area (Å²) >= 11 is 0. The van der Waals surface area contributed by atoms with Crippen LogP contribution in [0.2, 0.25) is 0 Å². The summed E-state index contributed by atoms with van der Waals surface area (Å²) in [4.78, 5) is 9.59. The number of hydrogen-bond acceptors (Lipinski definition) is 2. The number of allylic oxidation sites excluding steroid dienone is 10. The van der Waals surface area contributed by atoms with Crippen LogP contribution in [0.1, 0.15) is 37.5 Å². The summed E-state index contributed by atoms with van der Waals surface area (Å²) in [5.41, 5.74) is 10.3. The minimum atomic E-state index is 0.743. The lowest BCUT2D eigenvalue weighted by molar-refractivity contribution is 1.48. The molecular formula is C53H44N2. The summed E-state index contributed by atoms with van der Waals surface area (Å²) in [7, 11) is 0.